The fourth-order valence-electron chi connectivity index (χ4n) is 3.92. The highest BCUT2D eigenvalue weighted by Gasteiger charge is 2.14. The second-order valence-electron chi connectivity index (χ2n) is 7.78. The molecular formula is C26H28N2O2. The molecule has 4 nitrogen and oxygen atoms in total. The molecule has 0 radical (unpaired) electrons. The molecule has 154 valence electrons. The molecule has 0 saturated heterocycles. The number of rotatable bonds is 7. The van der Waals surface area contributed by atoms with E-state index in [-0.39, 0.29) is 0 Å². The third-order valence-corrected chi connectivity index (χ3v) is 5.50. The monoisotopic (exact) mass is 400 g/mol. The molecule has 1 atom stereocenters. The summed E-state index contributed by atoms with van der Waals surface area (Å²) in [4.78, 5) is 0. The summed E-state index contributed by atoms with van der Waals surface area (Å²) in [5.41, 5.74) is 6.79. The number of benzene rings is 3. The Morgan fingerprint density at radius 1 is 0.967 bits per heavy atom. The summed E-state index contributed by atoms with van der Waals surface area (Å²) in [6.45, 7) is 5.16. The maximum Gasteiger partial charge on any atom is 0.118 e. The normalized spacial score (nSPS) is 12.1. The Labute approximate surface area is 177 Å². The van der Waals surface area contributed by atoms with Crippen molar-refractivity contribution in [1.29, 1.82) is 0 Å². The number of fused-ring (bicyclic) bond motifs is 1. The Hall–Kier alpha value is -3.24. The second kappa shape index (κ2) is 8.64. The highest BCUT2D eigenvalue weighted by molar-refractivity contribution is 5.87. The molecule has 4 aromatic rings. The highest BCUT2D eigenvalue weighted by Crippen LogP contribution is 2.30. The summed E-state index contributed by atoms with van der Waals surface area (Å²) in [5.74, 6) is 0.833. The number of aliphatic hydroxyl groups excluding tert-OH is 1. The predicted molar refractivity (Wildman–Crippen MR) is 124 cm³/mol. The minimum atomic E-state index is -0.529. The van der Waals surface area contributed by atoms with Crippen LogP contribution in [0.25, 0.3) is 22.2 Å². The van der Waals surface area contributed by atoms with Gasteiger partial charge >= 0.3 is 0 Å². The minimum Gasteiger partial charge on any atom is -0.497 e. The van der Waals surface area contributed by atoms with E-state index in [1.54, 1.807) is 7.11 Å². The number of aromatic nitrogens is 1. The molecule has 3 aromatic carbocycles. The molecule has 0 aliphatic heterocycles. The van der Waals surface area contributed by atoms with Crippen molar-refractivity contribution >= 4 is 16.6 Å². The lowest BCUT2D eigenvalue weighted by Crippen LogP contribution is -2.25. The second-order valence-corrected chi connectivity index (χ2v) is 7.78. The van der Waals surface area contributed by atoms with E-state index in [1.807, 2.05) is 24.3 Å². The summed E-state index contributed by atoms with van der Waals surface area (Å²) < 4.78 is 7.49. The molecule has 0 amide bonds. The van der Waals surface area contributed by atoms with E-state index >= 15 is 0 Å². The Balaban J connectivity index is 1.59. The standard InChI is InChI=1S/C26H28N2O2/c1-18-8-13-24(19(2)14-18)27-16-22(29)17-28-25-7-5-4-6-21(25)15-26(28)20-9-11-23(30-3)12-10-20/h4-15,22,27,29H,16-17H2,1-3H3. The first-order valence-corrected chi connectivity index (χ1v) is 10.3. The lowest BCUT2D eigenvalue weighted by Gasteiger charge is -2.18. The maximum absolute atomic E-state index is 10.8. The van der Waals surface area contributed by atoms with Crippen molar-refractivity contribution in [3.63, 3.8) is 0 Å². The van der Waals surface area contributed by atoms with Gasteiger partial charge in [-0.1, -0.05) is 35.9 Å². The molecule has 1 heterocycles. The molecule has 0 aliphatic carbocycles. The molecule has 0 saturated carbocycles. The number of ether oxygens (including phenoxy) is 1. The van der Waals surface area contributed by atoms with E-state index in [2.05, 4.69) is 72.3 Å². The number of anilines is 1. The zero-order valence-corrected chi connectivity index (χ0v) is 17.7. The first kappa shape index (κ1) is 20.0. The number of methoxy groups -OCH3 is 1. The van der Waals surface area contributed by atoms with Gasteiger partial charge in [-0.15, -0.1) is 0 Å². The first-order chi connectivity index (χ1) is 14.5. The van der Waals surface area contributed by atoms with Gasteiger partial charge in [0.25, 0.3) is 0 Å². The van der Waals surface area contributed by atoms with Crippen molar-refractivity contribution in [3.8, 4) is 17.0 Å². The number of nitrogens with zero attached hydrogens (tertiary/aromatic N) is 1. The van der Waals surface area contributed by atoms with Gasteiger partial charge in [0.05, 0.1) is 19.8 Å². The Kier molecular flexibility index (Phi) is 5.77. The minimum absolute atomic E-state index is 0.485. The first-order valence-electron chi connectivity index (χ1n) is 10.3. The number of hydrogen-bond donors (Lipinski definition) is 2. The Bertz CT molecular complexity index is 1150. The largest absolute Gasteiger partial charge is 0.497 e. The average Bonchev–Trinajstić information content (AvgIpc) is 3.11. The van der Waals surface area contributed by atoms with E-state index < -0.39 is 6.10 Å². The van der Waals surface area contributed by atoms with Crippen LogP contribution in [-0.2, 0) is 6.54 Å². The SMILES string of the molecule is COc1ccc(-c2cc3ccccc3n2CC(O)CNc2ccc(C)cc2C)cc1. The lowest BCUT2D eigenvalue weighted by atomic mass is 10.1. The van der Waals surface area contributed by atoms with E-state index in [0.29, 0.717) is 13.1 Å². The van der Waals surface area contributed by atoms with Crippen LogP contribution in [0.4, 0.5) is 5.69 Å². The van der Waals surface area contributed by atoms with Crippen LogP contribution >= 0.6 is 0 Å². The zero-order chi connectivity index (χ0) is 21.1. The molecule has 2 N–H and O–H groups in total. The fraction of sp³-hybridized carbons (Fsp3) is 0.231. The molecule has 30 heavy (non-hydrogen) atoms. The summed E-state index contributed by atoms with van der Waals surface area (Å²) in [5, 5.41) is 15.4. The summed E-state index contributed by atoms with van der Waals surface area (Å²) in [7, 11) is 1.67. The average molecular weight is 401 g/mol. The third kappa shape index (κ3) is 4.19. The van der Waals surface area contributed by atoms with Crippen LogP contribution in [0.15, 0.2) is 72.8 Å². The molecule has 0 spiro atoms. The van der Waals surface area contributed by atoms with Crippen molar-refractivity contribution < 1.29 is 9.84 Å². The van der Waals surface area contributed by atoms with Crippen LogP contribution in [0.5, 0.6) is 5.75 Å². The topological polar surface area (TPSA) is 46.4 Å². The predicted octanol–water partition coefficient (Wildman–Crippen LogP) is 5.41. The fourth-order valence-corrected chi connectivity index (χ4v) is 3.92. The van der Waals surface area contributed by atoms with Crippen molar-refractivity contribution in [1.82, 2.24) is 4.57 Å². The molecule has 0 fully saturated rings. The molecule has 1 unspecified atom stereocenters. The summed E-state index contributed by atoms with van der Waals surface area (Å²) >= 11 is 0. The van der Waals surface area contributed by atoms with E-state index in [0.717, 1.165) is 33.6 Å². The van der Waals surface area contributed by atoms with Gasteiger partial charge in [-0.25, -0.2) is 0 Å². The molecule has 1 aromatic heterocycles. The molecular weight excluding hydrogens is 372 g/mol. The third-order valence-electron chi connectivity index (χ3n) is 5.50. The number of aliphatic hydroxyl groups is 1. The van der Waals surface area contributed by atoms with Crippen LogP contribution in [0, 0.1) is 13.8 Å². The van der Waals surface area contributed by atoms with Crippen LogP contribution in [-0.4, -0.2) is 29.4 Å². The maximum atomic E-state index is 10.8. The van der Waals surface area contributed by atoms with Crippen molar-refractivity contribution in [2.45, 2.75) is 26.5 Å². The lowest BCUT2D eigenvalue weighted by molar-refractivity contribution is 0.169. The highest BCUT2D eigenvalue weighted by atomic mass is 16.5. The van der Waals surface area contributed by atoms with Crippen LogP contribution in [0.2, 0.25) is 0 Å². The molecule has 0 bridgehead atoms. The smallest absolute Gasteiger partial charge is 0.118 e. The Morgan fingerprint density at radius 3 is 2.47 bits per heavy atom. The number of nitrogens with one attached hydrogen (secondary N) is 1. The zero-order valence-electron chi connectivity index (χ0n) is 17.7. The van der Waals surface area contributed by atoms with E-state index in [1.165, 1.54) is 11.1 Å². The summed E-state index contributed by atoms with van der Waals surface area (Å²) in [6.07, 6.45) is -0.529. The van der Waals surface area contributed by atoms with Crippen molar-refractivity contribution in [3.05, 3.63) is 83.9 Å². The van der Waals surface area contributed by atoms with Crippen LogP contribution in [0.1, 0.15) is 11.1 Å². The van der Waals surface area contributed by atoms with Gasteiger partial charge in [0.15, 0.2) is 0 Å². The van der Waals surface area contributed by atoms with Gasteiger partial charge < -0.3 is 19.7 Å². The van der Waals surface area contributed by atoms with Crippen molar-refractivity contribution in [2.75, 3.05) is 19.0 Å². The summed E-state index contributed by atoms with van der Waals surface area (Å²) in [6, 6.07) is 24.8. The van der Waals surface area contributed by atoms with Gasteiger partial charge in [-0.3, -0.25) is 0 Å². The molecule has 0 aliphatic rings. The molecule has 4 heteroatoms. The molecule has 4 rings (SSSR count). The number of para-hydroxylation sites is 1. The van der Waals surface area contributed by atoms with Crippen molar-refractivity contribution in [2.24, 2.45) is 0 Å². The van der Waals surface area contributed by atoms with Gasteiger partial charge in [0.2, 0.25) is 0 Å². The van der Waals surface area contributed by atoms with E-state index in [9.17, 15) is 5.11 Å². The number of aryl methyl sites for hydroxylation is 2. The Morgan fingerprint density at radius 2 is 1.73 bits per heavy atom. The van der Waals surface area contributed by atoms with Gasteiger partial charge in [0.1, 0.15) is 5.75 Å². The van der Waals surface area contributed by atoms with Gasteiger partial charge in [-0.2, -0.15) is 0 Å². The quantitative estimate of drug-likeness (QED) is 0.436. The van der Waals surface area contributed by atoms with Crippen LogP contribution < -0.4 is 10.1 Å². The van der Waals surface area contributed by atoms with Gasteiger partial charge in [-0.05, 0) is 67.4 Å². The number of hydrogen-bond acceptors (Lipinski definition) is 3. The van der Waals surface area contributed by atoms with Crippen LogP contribution in [0.3, 0.4) is 0 Å². The van der Waals surface area contributed by atoms with Gasteiger partial charge in [0, 0.05) is 28.8 Å². The van der Waals surface area contributed by atoms with E-state index in [4.69, 9.17) is 4.74 Å².